The van der Waals surface area contributed by atoms with Crippen molar-refractivity contribution in [3.8, 4) is 5.75 Å². The van der Waals surface area contributed by atoms with Gasteiger partial charge in [-0.05, 0) is 49.2 Å². The largest absolute Gasteiger partial charge is 0.490 e. The molecule has 4 rings (SSSR count). The van der Waals surface area contributed by atoms with Gasteiger partial charge in [-0.3, -0.25) is 9.36 Å². The van der Waals surface area contributed by atoms with Crippen molar-refractivity contribution < 1.29 is 14.3 Å². The van der Waals surface area contributed by atoms with Gasteiger partial charge in [0.05, 0.1) is 28.5 Å². The number of fused-ring (bicyclic) bond motifs is 1. The molecule has 0 spiro atoms. The molecule has 0 unspecified atom stereocenters. The van der Waals surface area contributed by atoms with Crippen LogP contribution in [0.5, 0.6) is 5.75 Å². The normalized spacial score (nSPS) is 15.5. The van der Waals surface area contributed by atoms with E-state index >= 15 is 0 Å². The van der Waals surface area contributed by atoms with Crippen LogP contribution in [0.15, 0.2) is 82.2 Å². The molecule has 34 heavy (non-hydrogen) atoms. The zero-order valence-corrected chi connectivity index (χ0v) is 20.4. The number of carbonyl (C=O) groups is 1. The van der Waals surface area contributed by atoms with Crippen LogP contribution in [0, 0.1) is 0 Å². The number of aromatic nitrogens is 1. The Balaban J connectivity index is 1.90. The van der Waals surface area contributed by atoms with Crippen molar-refractivity contribution in [1.29, 1.82) is 0 Å². The van der Waals surface area contributed by atoms with E-state index in [2.05, 4.69) is 11.6 Å². The molecule has 0 saturated carbocycles. The second kappa shape index (κ2) is 10.2. The zero-order chi connectivity index (χ0) is 24.2. The van der Waals surface area contributed by atoms with Gasteiger partial charge < -0.3 is 9.47 Å². The Kier molecular flexibility index (Phi) is 7.14. The number of halogens is 1. The van der Waals surface area contributed by atoms with Gasteiger partial charge in [-0.25, -0.2) is 9.79 Å². The van der Waals surface area contributed by atoms with Crippen LogP contribution in [-0.4, -0.2) is 23.8 Å². The van der Waals surface area contributed by atoms with Crippen molar-refractivity contribution in [2.24, 2.45) is 4.99 Å². The van der Waals surface area contributed by atoms with Crippen LogP contribution in [0.2, 0.25) is 5.02 Å². The molecule has 6 nitrogen and oxygen atoms in total. The summed E-state index contributed by atoms with van der Waals surface area (Å²) in [5.41, 5.74) is 2.07. The van der Waals surface area contributed by atoms with Crippen LogP contribution in [0.1, 0.15) is 31.0 Å². The summed E-state index contributed by atoms with van der Waals surface area (Å²) in [6.07, 6.45) is 3.41. The fraction of sp³-hybridized carbons (Fsp3) is 0.192. The molecular weight excluding hydrogens is 472 g/mol. The molecule has 2 aromatic carbocycles. The van der Waals surface area contributed by atoms with Gasteiger partial charge in [0.15, 0.2) is 4.80 Å². The summed E-state index contributed by atoms with van der Waals surface area (Å²) in [5.74, 6) is 0.161. The highest BCUT2D eigenvalue weighted by atomic mass is 35.5. The molecule has 0 bridgehead atoms. The van der Waals surface area contributed by atoms with Gasteiger partial charge >= 0.3 is 5.97 Å². The monoisotopic (exact) mass is 494 g/mol. The number of allylic oxidation sites excluding steroid dienone is 1. The van der Waals surface area contributed by atoms with Gasteiger partial charge in [0.2, 0.25) is 0 Å². The molecule has 0 radical (unpaired) electrons. The minimum Gasteiger partial charge on any atom is -0.490 e. The van der Waals surface area contributed by atoms with E-state index in [0.717, 1.165) is 11.1 Å². The molecule has 1 aromatic heterocycles. The summed E-state index contributed by atoms with van der Waals surface area (Å²) in [7, 11) is 0. The van der Waals surface area contributed by atoms with Crippen LogP contribution in [0.4, 0.5) is 0 Å². The van der Waals surface area contributed by atoms with E-state index in [0.29, 0.717) is 38.0 Å². The number of carbonyl (C=O) groups excluding carboxylic acids is 1. The van der Waals surface area contributed by atoms with Crippen molar-refractivity contribution >= 4 is 35.0 Å². The molecular formula is C26H23ClN2O4S. The third-order valence-corrected chi connectivity index (χ3v) is 6.60. The predicted octanol–water partition coefficient (Wildman–Crippen LogP) is 4.02. The van der Waals surface area contributed by atoms with E-state index in [4.69, 9.17) is 21.1 Å². The second-order valence-corrected chi connectivity index (χ2v) is 8.91. The first-order valence-corrected chi connectivity index (χ1v) is 11.9. The van der Waals surface area contributed by atoms with Crippen molar-refractivity contribution in [1.82, 2.24) is 4.57 Å². The molecule has 2 heterocycles. The molecule has 1 aliphatic rings. The van der Waals surface area contributed by atoms with Crippen molar-refractivity contribution in [3.05, 3.63) is 108 Å². The van der Waals surface area contributed by atoms with E-state index in [1.807, 2.05) is 30.3 Å². The highest BCUT2D eigenvalue weighted by Crippen LogP contribution is 2.31. The fourth-order valence-corrected chi connectivity index (χ4v) is 4.97. The van der Waals surface area contributed by atoms with Gasteiger partial charge in [-0.15, -0.1) is 0 Å². The zero-order valence-electron chi connectivity index (χ0n) is 18.8. The number of hydrogen-bond donors (Lipinski definition) is 0. The molecule has 1 aliphatic heterocycles. The number of hydrogen-bond acceptors (Lipinski definition) is 6. The Morgan fingerprint density at radius 1 is 1.24 bits per heavy atom. The molecule has 8 heteroatoms. The number of ether oxygens (including phenoxy) is 2. The quantitative estimate of drug-likeness (QED) is 0.367. The fourth-order valence-electron chi connectivity index (χ4n) is 3.74. The van der Waals surface area contributed by atoms with E-state index in [9.17, 15) is 9.59 Å². The minimum atomic E-state index is -0.683. The Morgan fingerprint density at radius 2 is 1.97 bits per heavy atom. The lowest BCUT2D eigenvalue weighted by Crippen LogP contribution is -2.39. The van der Waals surface area contributed by atoms with Crippen molar-refractivity contribution in [2.75, 3.05) is 13.2 Å². The summed E-state index contributed by atoms with van der Waals surface area (Å²) < 4.78 is 12.9. The molecule has 1 atom stereocenters. The summed E-state index contributed by atoms with van der Waals surface area (Å²) in [6, 6.07) is 13.9. The Labute approximate surface area is 205 Å². The van der Waals surface area contributed by atoms with Crippen LogP contribution in [-0.2, 0) is 9.53 Å². The van der Waals surface area contributed by atoms with Crippen molar-refractivity contribution in [2.45, 2.75) is 19.9 Å². The first kappa shape index (κ1) is 23.7. The summed E-state index contributed by atoms with van der Waals surface area (Å²) in [4.78, 5) is 31.6. The summed E-state index contributed by atoms with van der Waals surface area (Å²) >= 11 is 7.56. The smallest absolute Gasteiger partial charge is 0.338 e. The van der Waals surface area contributed by atoms with Gasteiger partial charge in [0.25, 0.3) is 5.56 Å². The first-order chi connectivity index (χ1) is 16.4. The maximum absolute atomic E-state index is 13.6. The molecule has 0 amide bonds. The highest BCUT2D eigenvalue weighted by molar-refractivity contribution is 7.07. The number of benzene rings is 2. The lowest BCUT2D eigenvalue weighted by atomic mass is 9.96. The summed E-state index contributed by atoms with van der Waals surface area (Å²) in [5, 5.41) is 0.545. The topological polar surface area (TPSA) is 69.9 Å². The number of esters is 1. The maximum atomic E-state index is 13.6. The van der Waals surface area contributed by atoms with Gasteiger partial charge in [0, 0.05) is 5.02 Å². The molecule has 3 aromatic rings. The van der Waals surface area contributed by atoms with Crippen LogP contribution >= 0.6 is 22.9 Å². The minimum absolute atomic E-state index is 0.216. The second-order valence-electron chi connectivity index (χ2n) is 7.49. The Morgan fingerprint density at radius 3 is 2.65 bits per heavy atom. The third kappa shape index (κ3) is 4.62. The SMILES string of the molecule is C=CCOc1ccc([C@@H]2C(C(=O)OCC)=C(C)N=c3s/c(=C/c4ccccc4Cl)c(=O)n32)cc1. The lowest BCUT2D eigenvalue weighted by Gasteiger charge is -2.24. The van der Waals surface area contributed by atoms with E-state index in [1.165, 1.54) is 11.3 Å². The molecule has 0 N–H and O–H groups in total. The Hall–Kier alpha value is -3.42. The molecule has 0 saturated heterocycles. The molecule has 0 aliphatic carbocycles. The number of rotatable bonds is 7. The maximum Gasteiger partial charge on any atom is 0.338 e. The van der Waals surface area contributed by atoms with Gasteiger partial charge in [-0.1, -0.05) is 65.9 Å². The average molecular weight is 495 g/mol. The lowest BCUT2D eigenvalue weighted by molar-refractivity contribution is -0.139. The number of nitrogens with zero attached hydrogens (tertiary/aromatic N) is 2. The van der Waals surface area contributed by atoms with Crippen LogP contribution in [0.3, 0.4) is 0 Å². The van der Waals surface area contributed by atoms with Gasteiger partial charge in [0.1, 0.15) is 12.4 Å². The first-order valence-electron chi connectivity index (χ1n) is 10.7. The van der Waals surface area contributed by atoms with Crippen molar-refractivity contribution in [3.63, 3.8) is 0 Å². The van der Waals surface area contributed by atoms with Gasteiger partial charge in [-0.2, -0.15) is 0 Å². The third-order valence-electron chi connectivity index (χ3n) is 5.27. The molecule has 0 fully saturated rings. The van der Waals surface area contributed by atoms with E-state index < -0.39 is 12.0 Å². The van der Waals surface area contributed by atoms with E-state index in [-0.39, 0.29) is 12.2 Å². The van der Waals surface area contributed by atoms with Crippen LogP contribution < -0.4 is 19.6 Å². The highest BCUT2D eigenvalue weighted by Gasteiger charge is 2.33. The summed E-state index contributed by atoms with van der Waals surface area (Å²) in [6.45, 7) is 7.75. The Bertz CT molecular complexity index is 1450. The number of thiazole rings is 1. The van der Waals surface area contributed by atoms with Crippen LogP contribution in [0.25, 0.3) is 6.08 Å². The molecule has 174 valence electrons. The standard InChI is InChI=1S/C26H23ClN2O4S/c1-4-14-33-19-12-10-17(11-13-19)23-22(25(31)32-5-2)16(3)28-26-29(23)24(30)21(34-26)15-18-8-6-7-9-20(18)27/h4,6-13,15,23H,1,5,14H2,2-3H3/b21-15+/t23-/m1/s1. The predicted molar refractivity (Wildman–Crippen MR) is 134 cm³/mol. The van der Waals surface area contributed by atoms with E-state index in [1.54, 1.807) is 48.8 Å². The average Bonchev–Trinajstić information content (AvgIpc) is 3.13.